The minimum Gasteiger partial charge on any atom is -0.397 e. The summed E-state index contributed by atoms with van der Waals surface area (Å²) in [5.74, 6) is -1.03. The number of halogens is 1. The summed E-state index contributed by atoms with van der Waals surface area (Å²) in [6.45, 7) is 5.57. The highest BCUT2D eigenvalue weighted by molar-refractivity contribution is 6.06. The monoisotopic (exact) mass is 272 g/mol. The Kier molecular flexibility index (Phi) is 3.74. The maximum absolute atomic E-state index is 13.8. The van der Waals surface area contributed by atoms with Crippen molar-refractivity contribution < 1.29 is 9.18 Å². The lowest BCUT2D eigenvalue weighted by Gasteiger charge is -2.13. The first-order chi connectivity index (χ1) is 9.40. The zero-order valence-corrected chi connectivity index (χ0v) is 11.8. The van der Waals surface area contributed by atoms with Crippen LogP contribution in [0.1, 0.15) is 27.0 Å². The fraction of sp³-hybridized carbons (Fsp3) is 0.188. The molecular formula is C16H17FN2O. The van der Waals surface area contributed by atoms with E-state index < -0.39 is 11.7 Å². The molecule has 20 heavy (non-hydrogen) atoms. The number of carbonyl (C=O) groups excluding carboxylic acids is 1. The van der Waals surface area contributed by atoms with Gasteiger partial charge in [-0.25, -0.2) is 4.39 Å². The molecule has 0 unspecified atom stereocenters. The van der Waals surface area contributed by atoms with E-state index in [2.05, 4.69) is 5.32 Å². The van der Waals surface area contributed by atoms with E-state index in [0.29, 0.717) is 11.4 Å². The topological polar surface area (TPSA) is 55.1 Å². The fourth-order valence-electron chi connectivity index (χ4n) is 1.99. The Hall–Kier alpha value is -2.36. The van der Waals surface area contributed by atoms with E-state index in [1.807, 2.05) is 19.9 Å². The number of carbonyl (C=O) groups is 1. The Morgan fingerprint density at radius 2 is 1.85 bits per heavy atom. The van der Waals surface area contributed by atoms with Gasteiger partial charge >= 0.3 is 0 Å². The molecule has 0 saturated carbocycles. The standard InChI is InChI=1S/C16H17FN2O/c1-9-4-6-12(13(17)8-9)16(20)19-15-11(3)10(2)5-7-14(15)18/h4-8H,18H2,1-3H3,(H,19,20). The van der Waals surface area contributed by atoms with Crippen molar-refractivity contribution in [2.75, 3.05) is 11.1 Å². The zero-order valence-electron chi connectivity index (χ0n) is 11.8. The number of aryl methyl sites for hydroxylation is 2. The van der Waals surface area contributed by atoms with E-state index in [1.54, 1.807) is 19.1 Å². The van der Waals surface area contributed by atoms with Crippen molar-refractivity contribution in [2.45, 2.75) is 20.8 Å². The molecule has 0 spiro atoms. The molecule has 0 atom stereocenters. The molecule has 0 aliphatic carbocycles. The van der Waals surface area contributed by atoms with Gasteiger partial charge in [-0.15, -0.1) is 0 Å². The van der Waals surface area contributed by atoms with Crippen LogP contribution in [-0.4, -0.2) is 5.91 Å². The summed E-state index contributed by atoms with van der Waals surface area (Å²) in [5, 5.41) is 2.69. The van der Waals surface area contributed by atoms with E-state index in [4.69, 9.17) is 5.73 Å². The number of nitrogen functional groups attached to an aromatic ring is 1. The molecule has 0 aliphatic rings. The number of hydrogen-bond donors (Lipinski definition) is 2. The fourth-order valence-corrected chi connectivity index (χ4v) is 1.99. The first kappa shape index (κ1) is 14.1. The summed E-state index contributed by atoms with van der Waals surface area (Å²) < 4.78 is 13.8. The second-order valence-corrected chi connectivity index (χ2v) is 4.91. The number of nitrogens with two attached hydrogens (primary N) is 1. The molecule has 2 rings (SSSR count). The maximum atomic E-state index is 13.8. The minimum absolute atomic E-state index is 0.0101. The first-order valence-corrected chi connectivity index (χ1v) is 6.33. The van der Waals surface area contributed by atoms with Crippen LogP contribution in [0.4, 0.5) is 15.8 Å². The lowest BCUT2D eigenvalue weighted by atomic mass is 10.1. The zero-order chi connectivity index (χ0) is 14.9. The lowest BCUT2D eigenvalue weighted by Crippen LogP contribution is -2.16. The van der Waals surface area contributed by atoms with Crippen molar-refractivity contribution in [3.05, 3.63) is 58.4 Å². The van der Waals surface area contributed by atoms with Gasteiger partial charge in [-0.2, -0.15) is 0 Å². The predicted molar refractivity (Wildman–Crippen MR) is 79.4 cm³/mol. The number of rotatable bonds is 2. The van der Waals surface area contributed by atoms with Gasteiger partial charge in [0.15, 0.2) is 0 Å². The maximum Gasteiger partial charge on any atom is 0.258 e. The highest BCUT2D eigenvalue weighted by atomic mass is 19.1. The van der Waals surface area contributed by atoms with Crippen LogP contribution < -0.4 is 11.1 Å². The lowest BCUT2D eigenvalue weighted by molar-refractivity contribution is 0.102. The summed E-state index contributed by atoms with van der Waals surface area (Å²) in [6.07, 6.45) is 0. The number of benzene rings is 2. The van der Waals surface area contributed by atoms with Crippen LogP contribution in [0.2, 0.25) is 0 Å². The molecule has 104 valence electrons. The Morgan fingerprint density at radius 3 is 2.50 bits per heavy atom. The molecule has 0 radical (unpaired) electrons. The molecule has 0 heterocycles. The van der Waals surface area contributed by atoms with Gasteiger partial charge in [0.05, 0.1) is 16.9 Å². The summed E-state index contributed by atoms with van der Waals surface area (Å²) in [5.41, 5.74) is 9.55. The first-order valence-electron chi connectivity index (χ1n) is 6.33. The van der Waals surface area contributed by atoms with Gasteiger partial charge in [-0.05, 0) is 55.7 Å². The molecule has 0 aromatic heterocycles. The van der Waals surface area contributed by atoms with Crippen LogP contribution in [0.25, 0.3) is 0 Å². The minimum atomic E-state index is -0.536. The number of anilines is 2. The van der Waals surface area contributed by atoms with Gasteiger partial charge in [0.2, 0.25) is 0 Å². The Morgan fingerprint density at radius 1 is 1.15 bits per heavy atom. The van der Waals surface area contributed by atoms with E-state index >= 15 is 0 Å². The molecule has 0 aliphatic heterocycles. The normalized spacial score (nSPS) is 10.4. The van der Waals surface area contributed by atoms with Crippen molar-refractivity contribution in [1.82, 2.24) is 0 Å². The van der Waals surface area contributed by atoms with Crippen LogP contribution in [0.15, 0.2) is 30.3 Å². The van der Waals surface area contributed by atoms with Crippen molar-refractivity contribution in [3.63, 3.8) is 0 Å². The molecule has 0 bridgehead atoms. The van der Waals surface area contributed by atoms with Gasteiger partial charge < -0.3 is 11.1 Å². The summed E-state index contributed by atoms with van der Waals surface area (Å²) in [6, 6.07) is 8.11. The Balaban J connectivity index is 2.35. The van der Waals surface area contributed by atoms with Gasteiger partial charge in [0, 0.05) is 0 Å². The predicted octanol–water partition coefficient (Wildman–Crippen LogP) is 3.59. The molecule has 0 fully saturated rings. The number of nitrogens with one attached hydrogen (secondary N) is 1. The summed E-state index contributed by atoms with van der Waals surface area (Å²) in [7, 11) is 0. The van der Waals surface area contributed by atoms with Crippen LogP contribution in [0.5, 0.6) is 0 Å². The molecule has 2 aromatic carbocycles. The molecule has 2 aromatic rings. The van der Waals surface area contributed by atoms with Crippen LogP contribution in [0, 0.1) is 26.6 Å². The largest absolute Gasteiger partial charge is 0.397 e. The number of hydrogen-bond acceptors (Lipinski definition) is 2. The molecule has 4 heteroatoms. The van der Waals surface area contributed by atoms with Crippen molar-refractivity contribution in [1.29, 1.82) is 0 Å². The molecule has 0 saturated heterocycles. The van der Waals surface area contributed by atoms with Gasteiger partial charge in [0.1, 0.15) is 5.82 Å². The Labute approximate surface area is 117 Å². The quantitative estimate of drug-likeness (QED) is 0.821. The second kappa shape index (κ2) is 5.33. The van der Waals surface area contributed by atoms with Crippen LogP contribution in [-0.2, 0) is 0 Å². The average Bonchev–Trinajstić information content (AvgIpc) is 2.39. The third kappa shape index (κ3) is 2.64. The SMILES string of the molecule is Cc1ccc(C(=O)Nc2c(N)ccc(C)c2C)c(F)c1. The van der Waals surface area contributed by atoms with Crippen LogP contribution in [0.3, 0.4) is 0 Å². The molecule has 1 amide bonds. The smallest absolute Gasteiger partial charge is 0.258 e. The highest BCUT2D eigenvalue weighted by Crippen LogP contribution is 2.26. The van der Waals surface area contributed by atoms with Gasteiger partial charge in [-0.1, -0.05) is 12.1 Å². The summed E-state index contributed by atoms with van der Waals surface area (Å²) >= 11 is 0. The van der Waals surface area contributed by atoms with Crippen molar-refractivity contribution >= 4 is 17.3 Å². The van der Waals surface area contributed by atoms with Crippen molar-refractivity contribution in [3.8, 4) is 0 Å². The second-order valence-electron chi connectivity index (χ2n) is 4.91. The van der Waals surface area contributed by atoms with Gasteiger partial charge in [-0.3, -0.25) is 4.79 Å². The van der Waals surface area contributed by atoms with Crippen LogP contribution >= 0.6 is 0 Å². The van der Waals surface area contributed by atoms with E-state index in [0.717, 1.165) is 16.7 Å². The van der Waals surface area contributed by atoms with E-state index in [9.17, 15) is 9.18 Å². The van der Waals surface area contributed by atoms with Crippen molar-refractivity contribution in [2.24, 2.45) is 0 Å². The third-order valence-corrected chi connectivity index (χ3v) is 3.38. The van der Waals surface area contributed by atoms with E-state index in [1.165, 1.54) is 12.1 Å². The Bertz CT molecular complexity index is 680. The molecular weight excluding hydrogens is 255 g/mol. The van der Waals surface area contributed by atoms with Gasteiger partial charge in [0.25, 0.3) is 5.91 Å². The number of amides is 1. The summed E-state index contributed by atoms with van der Waals surface area (Å²) in [4.78, 5) is 12.2. The highest BCUT2D eigenvalue weighted by Gasteiger charge is 2.15. The molecule has 3 N–H and O–H groups in total. The molecule has 3 nitrogen and oxygen atoms in total. The van der Waals surface area contributed by atoms with E-state index in [-0.39, 0.29) is 5.56 Å². The third-order valence-electron chi connectivity index (χ3n) is 3.38. The average molecular weight is 272 g/mol.